The highest BCUT2D eigenvalue weighted by molar-refractivity contribution is 9.10. The van der Waals surface area contributed by atoms with Crippen molar-refractivity contribution in [3.05, 3.63) is 50.4 Å². The fraction of sp³-hybridized carbons (Fsp3) is 0.286. The summed E-state index contributed by atoms with van der Waals surface area (Å²) < 4.78 is 6.19. The SMILES string of the molecule is CCCc1nc(Br)cc(Oc2cccc(C)c2[N+](=O)[O-])n1. The zero-order valence-electron chi connectivity index (χ0n) is 11.7. The van der Waals surface area contributed by atoms with Crippen molar-refractivity contribution in [2.24, 2.45) is 0 Å². The number of halogens is 1. The van der Waals surface area contributed by atoms with Crippen LogP contribution in [0.3, 0.4) is 0 Å². The smallest absolute Gasteiger partial charge is 0.314 e. The Hall–Kier alpha value is -2.02. The second-order valence-electron chi connectivity index (χ2n) is 4.48. The Balaban J connectivity index is 2.38. The molecule has 0 amide bonds. The van der Waals surface area contributed by atoms with Crippen molar-refractivity contribution in [1.82, 2.24) is 9.97 Å². The summed E-state index contributed by atoms with van der Waals surface area (Å²) in [7, 11) is 0. The number of nitro groups is 1. The van der Waals surface area contributed by atoms with E-state index in [1.165, 1.54) is 0 Å². The predicted molar refractivity (Wildman–Crippen MR) is 81.6 cm³/mol. The van der Waals surface area contributed by atoms with E-state index in [-0.39, 0.29) is 17.3 Å². The highest BCUT2D eigenvalue weighted by Gasteiger charge is 2.19. The largest absolute Gasteiger partial charge is 0.432 e. The molecule has 0 N–H and O–H groups in total. The Labute approximate surface area is 130 Å². The Morgan fingerprint density at radius 2 is 2.14 bits per heavy atom. The molecule has 21 heavy (non-hydrogen) atoms. The highest BCUT2D eigenvalue weighted by Crippen LogP contribution is 2.33. The number of nitrogens with zero attached hydrogens (tertiary/aromatic N) is 3. The molecule has 0 saturated carbocycles. The average molecular weight is 352 g/mol. The molecule has 6 nitrogen and oxygen atoms in total. The molecule has 1 aromatic heterocycles. The van der Waals surface area contributed by atoms with Crippen LogP contribution in [0.4, 0.5) is 5.69 Å². The van der Waals surface area contributed by atoms with Gasteiger partial charge in [-0.2, -0.15) is 4.98 Å². The van der Waals surface area contributed by atoms with Gasteiger partial charge in [0.1, 0.15) is 10.4 Å². The Morgan fingerprint density at radius 3 is 2.81 bits per heavy atom. The molecular formula is C14H14BrN3O3. The molecule has 0 unspecified atom stereocenters. The highest BCUT2D eigenvalue weighted by atomic mass is 79.9. The number of benzene rings is 1. The number of hydrogen-bond acceptors (Lipinski definition) is 5. The number of hydrogen-bond donors (Lipinski definition) is 0. The molecule has 0 aliphatic carbocycles. The van der Waals surface area contributed by atoms with Gasteiger partial charge in [0.15, 0.2) is 0 Å². The first kappa shape index (κ1) is 15.4. The van der Waals surface area contributed by atoms with Crippen molar-refractivity contribution >= 4 is 21.6 Å². The van der Waals surface area contributed by atoms with Gasteiger partial charge in [-0.05, 0) is 35.3 Å². The van der Waals surface area contributed by atoms with Crippen LogP contribution in [0, 0.1) is 17.0 Å². The maximum atomic E-state index is 11.2. The molecule has 7 heteroatoms. The Bertz CT molecular complexity index is 677. The summed E-state index contributed by atoms with van der Waals surface area (Å²) in [5, 5.41) is 11.2. The normalized spacial score (nSPS) is 10.4. The van der Waals surface area contributed by atoms with Gasteiger partial charge in [-0.3, -0.25) is 10.1 Å². The number of para-hydroxylation sites is 1. The minimum absolute atomic E-state index is 0.0516. The summed E-state index contributed by atoms with van der Waals surface area (Å²) in [5.74, 6) is 1.10. The lowest BCUT2D eigenvalue weighted by Crippen LogP contribution is -2.00. The van der Waals surface area contributed by atoms with E-state index in [4.69, 9.17) is 4.74 Å². The maximum Gasteiger partial charge on any atom is 0.314 e. The van der Waals surface area contributed by atoms with Gasteiger partial charge >= 0.3 is 5.69 Å². The molecule has 0 aliphatic heterocycles. The molecule has 0 spiro atoms. The third-order valence-electron chi connectivity index (χ3n) is 2.79. The van der Waals surface area contributed by atoms with Crippen LogP contribution in [0.1, 0.15) is 24.7 Å². The van der Waals surface area contributed by atoms with Crippen LogP contribution in [-0.2, 0) is 6.42 Å². The first-order valence-corrected chi connectivity index (χ1v) is 7.26. The molecule has 0 fully saturated rings. The van der Waals surface area contributed by atoms with Crippen LogP contribution >= 0.6 is 15.9 Å². The number of ether oxygens (including phenoxy) is 1. The van der Waals surface area contributed by atoms with Crippen LogP contribution in [0.5, 0.6) is 11.6 Å². The molecule has 1 heterocycles. The zero-order valence-corrected chi connectivity index (χ0v) is 13.3. The molecule has 2 aromatic rings. The lowest BCUT2D eigenvalue weighted by Gasteiger charge is -2.08. The van der Waals surface area contributed by atoms with Gasteiger partial charge in [0.25, 0.3) is 0 Å². The van der Waals surface area contributed by atoms with Gasteiger partial charge in [0.05, 0.1) is 4.92 Å². The molecule has 110 valence electrons. The fourth-order valence-electron chi connectivity index (χ4n) is 1.89. The summed E-state index contributed by atoms with van der Waals surface area (Å²) in [6.45, 7) is 3.69. The number of rotatable bonds is 5. The summed E-state index contributed by atoms with van der Waals surface area (Å²) >= 11 is 3.29. The van der Waals surface area contributed by atoms with Gasteiger partial charge in [-0.25, -0.2) is 4.98 Å². The van der Waals surface area contributed by atoms with Crippen molar-refractivity contribution in [2.45, 2.75) is 26.7 Å². The van der Waals surface area contributed by atoms with E-state index in [9.17, 15) is 10.1 Å². The number of nitro benzene ring substituents is 1. The van der Waals surface area contributed by atoms with E-state index in [1.54, 1.807) is 31.2 Å². The van der Waals surface area contributed by atoms with Gasteiger partial charge in [0, 0.05) is 18.1 Å². The number of aryl methyl sites for hydroxylation is 2. The molecule has 1 aromatic carbocycles. The monoisotopic (exact) mass is 351 g/mol. The van der Waals surface area contributed by atoms with Crippen molar-refractivity contribution in [3.63, 3.8) is 0 Å². The lowest BCUT2D eigenvalue weighted by molar-refractivity contribution is -0.386. The molecule has 2 rings (SSSR count). The van der Waals surface area contributed by atoms with Crippen LogP contribution < -0.4 is 4.74 Å². The molecular weight excluding hydrogens is 338 g/mol. The van der Waals surface area contributed by atoms with Gasteiger partial charge in [0.2, 0.25) is 11.6 Å². The molecule has 0 atom stereocenters. The molecule has 0 aliphatic rings. The zero-order chi connectivity index (χ0) is 15.4. The van der Waals surface area contributed by atoms with Crippen LogP contribution in [-0.4, -0.2) is 14.9 Å². The van der Waals surface area contributed by atoms with E-state index < -0.39 is 4.92 Å². The minimum Gasteiger partial charge on any atom is -0.432 e. The topological polar surface area (TPSA) is 78.2 Å². The maximum absolute atomic E-state index is 11.2. The molecule has 0 saturated heterocycles. The van der Waals surface area contributed by atoms with Crippen molar-refractivity contribution in [1.29, 1.82) is 0 Å². The van der Waals surface area contributed by atoms with Gasteiger partial charge in [-0.15, -0.1) is 0 Å². The summed E-state index contributed by atoms with van der Waals surface area (Å²) in [6, 6.07) is 6.52. The summed E-state index contributed by atoms with van der Waals surface area (Å²) in [6.07, 6.45) is 1.62. The van der Waals surface area contributed by atoms with Crippen LogP contribution in [0.25, 0.3) is 0 Å². The van der Waals surface area contributed by atoms with E-state index in [0.29, 0.717) is 22.4 Å². The van der Waals surface area contributed by atoms with E-state index in [0.717, 1.165) is 6.42 Å². The quantitative estimate of drug-likeness (QED) is 0.458. The van der Waals surface area contributed by atoms with E-state index in [2.05, 4.69) is 25.9 Å². The van der Waals surface area contributed by atoms with Crippen molar-refractivity contribution in [3.8, 4) is 11.6 Å². The van der Waals surface area contributed by atoms with Crippen molar-refractivity contribution in [2.75, 3.05) is 0 Å². The molecule has 0 bridgehead atoms. The average Bonchev–Trinajstić information content (AvgIpc) is 2.37. The lowest BCUT2D eigenvalue weighted by atomic mass is 10.2. The second kappa shape index (κ2) is 6.62. The third-order valence-corrected chi connectivity index (χ3v) is 3.20. The third kappa shape index (κ3) is 3.75. The minimum atomic E-state index is -0.451. The summed E-state index contributed by atoms with van der Waals surface area (Å²) in [5.41, 5.74) is 0.490. The van der Waals surface area contributed by atoms with E-state index >= 15 is 0 Å². The van der Waals surface area contributed by atoms with Crippen LogP contribution in [0.15, 0.2) is 28.9 Å². The van der Waals surface area contributed by atoms with Gasteiger partial charge in [-0.1, -0.05) is 19.1 Å². The standard InChI is InChI=1S/C14H14BrN3O3/c1-3-5-12-16-11(15)8-13(17-12)21-10-7-4-6-9(2)14(10)18(19)20/h4,6-8H,3,5H2,1-2H3. The van der Waals surface area contributed by atoms with Gasteiger partial charge < -0.3 is 4.74 Å². The first-order chi connectivity index (χ1) is 10.0. The Morgan fingerprint density at radius 1 is 1.38 bits per heavy atom. The van der Waals surface area contributed by atoms with E-state index in [1.807, 2.05) is 6.92 Å². The first-order valence-electron chi connectivity index (χ1n) is 6.46. The number of aromatic nitrogens is 2. The predicted octanol–water partition coefficient (Wildman–Crippen LogP) is 4.20. The Kier molecular flexibility index (Phi) is 4.85. The second-order valence-corrected chi connectivity index (χ2v) is 5.29. The molecule has 0 radical (unpaired) electrons. The fourth-order valence-corrected chi connectivity index (χ4v) is 2.29. The van der Waals surface area contributed by atoms with Crippen LogP contribution in [0.2, 0.25) is 0 Å². The summed E-state index contributed by atoms with van der Waals surface area (Å²) in [4.78, 5) is 19.2. The van der Waals surface area contributed by atoms with Crippen molar-refractivity contribution < 1.29 is 9.66 Å².